The van der Waals surface area contributed by atoms with E-state index in [0.717, 1.165) is 22.0 Å². The number of benzene rings is 10. The fourth-order valence-corrected chi connectivity index (χ4v) is 9.42. The van der Waals surface area contributed by atoms with Crippen molar-refractivity contribution in [2.24, 2.45) is 0 Å². The SMILES string of the molecule is CC1(C)OB(c2ccc3c4ccccc4c4ccccc4c3c2)OC1(C)C.Fc1cc(Cl)cc(-c2ccc3c4ccccc4c4ccccc4c3c2)c1.Fc1cc(Cl)cc(Br)c1. The molecule has 62 heavy (non-hydrogen) atoms. The standard InChI is InChI=1S/C24H23BO2.C24H14ClF.C6H3BrClF/c1-23(2)24(3,4)27-25(26-23)16-13-14-21-19-11-6-5-9-17(19)18-10-7-8-12-20(18)22(21)15-16;25-17-11-16(12-18(26)14-17)15-9-10-23-21-7-2-1-5-19(21)20-6-3-4-8-22(20)24(23)13-15;7-4-1-5(8)3-6(9)2-4/h5-15H,1-4H3;1-14H;1-3H. The van der Waals surface area contributed by atoms with Gasteiger partial charge in [0.15, 0.2) is 0 Å². The van der Waals surface area contributed by atoms with Crippen LogP contribution < -0.4 is 5.46 Å². The first-order valence-electron chi connectivity index (χ1n) is 20.4. The minimum Gasteiger partial charge on any atom is -0.399 e. The molecule has 1 saturated heterocycles. The molecule has 0 N–H and O–H groups in total. The van der Waals surface area contributed by atoms with E-state index in [0.29, 0.717) is 14.5 Å². The third-order valence-corrected chi connectivity index (χ3v) is 13.0. The Morgan fingerprint density at radius 3 is 1.19 bits per heavy atom. The van der Waals surface area contributed by atoms with Crippen LogP contribution in [-0.2, 0) is 9.31 Å². The number of fused-ring (bicyclic) bond motifs is 12. The Hall–Kier alpha value is -5.34. The van der Waals surface area contributed by atoms with E-state index in [-0.39, 0.29) is 30.0 Å². The lowest BCUT2D eigenvalue weighted by atomic mass is 9.77. The Bertz CT molecular complexity index is 3200. The van der Waals surface area contributed by atoms with E-state index in [9.17, 15) is 8.78 Å². The molecular formula is C54H40BBrCl2F2O2. The van der Waals surface area contributed by atoms with Crippen LogP contribution in [0.5, 0.6) is 0 Å². The maximum absolute atomic E-state index is 13.8. The lowest BCUT2D eigenvalue weighted by Crippen LogP contribution is -2.41. The summed E-state index contributed by atoms with van der Waals surface area (Å²) in [4.78, 5) is 0. The summed E-state index contributed by atoms with van der Waals surface area (Å²) in [6.45, 7) is 8.38. The van der Waals surface area contributed by atoms with Gasteiger partial charge in [-0.25, -0.2) is 8.78 Å². The zero-order chi connectivity index (χ0) is 43.3. The van der Waals surface area contributed by atoms with Crippen molar-refractivity contribution in [3.63, 3.8) is 0 Å². The molecule has 0 saturated carbocycles. The van der Waals surface area contributed by atoms with Gasteiger partial charge < -0.3 is 9.31 Å². The maximum atomic E-state index is 13.8. The summed E-state index contributed by atoms with van der Waals surface area (Å²) in [6, 6.07) is 55.9. The molecule has 306 valence electrons. The summed E-state index contributed by atoms with van der Waals surface area (Å²) in [7, 11) is -0.343. The fourth-order valence-electron chi connectivity index (χ4n) is 8.38. The van der Waals surface area contributed by atoms with Crippen LogP contribution in [0, 0.1) is 11.6 Å². The smallest absolute Gasteiger partial charge is 0.399 e. The van der Waals surface area contributed by atoms with Gasteiger partial charge in [-0.1, -0.05) is 167 Å². The highest BCUT2D eigenvalue weighted by atomic mass is 79.9. The van der Waals surface area contributed by atoms with Gasteiger partial charge in [-0.2, -0.15) is 0 Å². The molecule has 0 spiro atoms. The second-order valence-corrected chi connectivity index (χ2v) is 18.4. The Labute approximate surface area is 378 Å². The van der Waals surface area contributed by atoms with Gasteiger partial charge in [0, 0.05) is 14.5 Å². The Kier molecular flexibility index (Phi) is 11.3. The van der Waals surface area contributed by atoms with E-state index >= 15 is 0 Å². The Morgan fingerprint density at radius 1 is 0.403 bits per heavy atom. The van der Waals surface area contributed by atoms with E-state index in [4.69, 9.17) is 32.5 Å². The zero-order valence-electron chi connectivity index (χ0n) is 34.4. The molecule has 0 aliphatic carbocycles. The summed E-state index contributed by atoms with van der Waals surface area (Å²) >= 11 is 14.6. The van der Waals surface area contributed by atoms with Gasteiger partial charge in [-0.05, 0) is 151 Å². The van der Waals surface area contributed by atoms with Crippen molar-refractivity contribution < 1.29 is 18.1 Å². The van der Waals surface area contributed by atoms with E-state index < -0.39 is 0 Å². The first kappa shape index (κ1) is 42.0. The van der Waals surface area contributed by atoms with Gasteiger partial charge in [-0.15, -0.1) is 0 Å². The highest BCUT2D eigenvalue weighted by Crippen LogP contribution is 2.40. The molecule has 1 heterocycles. The summed E-state index contributed by atoms with van der Waals surface area (Å²) in [5.41, 5.74) is 2.14. The van der Waals surface area contributed by atoms with Crippen LogP contribution in [0.2, 0.25) is 10.0 Å². The molecule has 1 aliphatic rings. The molecule has 10 aromatic carbocycles. The first-order valence-corrected chi connectivity index (χ1v) is 21.9. The van der Waals surface area contributed by atoms with Crippen LogP contribution in [0.1, 0.15) is 27.7 Å². The van der Waals surface area contributed by atoms with Crippen LogP contribution in [0.3, 0.4) is 0 Å². The Balaban J connectivity index is 0.000000132. The molecular weight excluding hydrogens is 880 g/mol. The molecule has 1 aliphatic heterocycles. The zero-order valence-corrected chi connectivity index (χ0v) is 37.5. The van der Waals surface area contributed by atoms with Crippen molar-refractivity contribution in [3.05, 3.63) is 196 Å². The topological polar surface area (TPSA) is 18.5 Å². The molecule has 2 nitrogen and oxygen atoms in total. The van der Waals surface area contributed by atoms with Crippen molar-refractivity contribution in [3.8, 4) is 11.1 Å². The average molecular weight is 921 g/mol. The number of hydrogen-bond acceptors (Lipinski definition) is 2. The third-order valence-electron chi connectivity index (χ3n) is 12.1. The van der Waals surface area contributed by atoms with Crippen LogP contribution in [0.15, 0.2) is 174 Å². The molecule has 11 rings (SSSR count). The van der Waals surface area contributed by atoms with E-state index in [1.54, 1.807) is 12.1 Å². The van der Waals surface area contributed by atoms with Gasteiger partial charge >= 0.3 is 7.12 Å². The van der Waals surface area contributed by atoms with Gasteiger partial charge in [-0.3, -0.25) is 0 Å². The van der Waals surface area contributed by atoms with Crippen molar-refractivity contribution in [2.45, 2.75) is 38.9 Å². The van der Waals surface area contributed by atoms with Crippen molar-refractivity contribution in [1.82, 2.24) is 0 Å². The largest absolute Gasteiger partial charge is 0.494 e. The molecule has 0 radical (unpaired) electrons. The predicted molar refractivity (Wildman–Crippen MR) is 263 cm³/mol. The lowest BCUT2D eigenvalue weighted by Gasteiger charge is -2.32. The number of rotatable bonds is 2. The molecule has 1 fully saturated rings. The molecule has 10 aromatic rings. The van der Waals surface area contributed by atoms with Gasteiger partial charge in [0.25, 0.3) is 0 Å². The normalized spacial score (nSPS) is 14.3. The monoisotopic (exact) mass is 918 g/mol. The second kappa shape index (κ2) is 16.7. The second-order valence-electron chi connectivity index (χ2n) is 16.6. The summed E-state index contributed by atoms with van der Waals surface area (Å²) < 4.78 is 39.3. The minimum absolute atomic E-state index is 0.323. The van der Waals surface area contributed by atoms with Gasteiger partial charge in [0.05, 0.1) is 11.2 Å². The predicted octanol–water partition coefficient (Wildman–Crippen LogP) is 16.3. The molecule has 0 atom stereocenters. The van der Waals surface area contributed by atoms with Crippen molar-refractivity contribution in [1.29, 1.82) is 0 Å². The highest BCUT2D eigenvalue weighted by molar-refractivity contribution is 9.10. The van der Waals surface area contributed by atoms with Crippen LogP contribution >= 0.6 is 39.1 Å². The molecule has 0 aromatic heterocycles. The van der Waals surface area contributed by atoms with Crippen LogP contribution in [0.25, 0.3) is 75.8 Å². The highest BCUT2D eigenvalue weighted by Gasteiger charge is 2.51. The van der Waals surface area contributed by atoms with E-state index in [2.05, 4.69) is 171 Å². The summed E-state index contributed by atoms with van der Waals surface area (Å²) in [5.74, 6) is -0.648. The minimum atomic E-state index is -0.343. The summed E-state index contributed by atoms with van der Waals surface area (Å²) in [5, 5.41) is 15.7. The fraction of sp³-hybridized carbons (Fsp3) is 0.111. The lowest BCUT2D eigenvalue weighted by molar-refractivity contribution is 0.00578. The Morgan fingerprint density at radius 2 is 0.774 bits per heavy atom. The maximum Gasteiger partial charge on any atom is 0.494 e. The number of hydrogen-bond donors (Lipinski definition) is 0. The quantitative estimate of drug-likeness (QED) is 0.127. The molecule has 8 heteroatoms. The molecule has 0 unspecified atom stereocenters. The third kappa shape index (κ3) is 8.07. The van der Waals surface area contributed by atoms with Crippen molar-refractivity contribution in [2.75, 3.05) is 0 Å². The van der Waals surface area contributed by atoms with Crippen molar-refractivity contribution >= 4 is 116 Å². The average Bonchev–Trinajstić information content (AvgIpc) is 3.48. The van der Waals surface area contributed by atoms with Crippen LogP contribution in [0.4, 0.5) is 8.78 Å². The van der Waals surface area contributed by atoms with E-state index in [1.807, 2.05) is 6.07 Å². The van der Waals surface area contributed by atoms with E-state index in [1.165, 1.54) is 83.5 Å². The summed E-state index contributed by atoms with van der Waals surface area (Å²) in [6.07, 6.45) is 0. The van der Waals surface area contributed by atoms with Gasteiger partial charge in [0.1, 0.15) is 11.6 Å². The van der Waals surface area contributed by atoms with Gasteiger partial charge in [0.2, 0.25) is 0 Å². The van der Waals surface area contributed by atoms with Crippen LogP contribution in [-0.4, -0.2) is 18.3 Å². The first-order chi connectivity index (χ1) is 29.8. The number of halogens is 5. The molecule has 0 bridgehead atoms. The molecule has 0 amide bonds.